The molecule has 5 heteroatoms. The van der Waals surface area contributed by atoms with Crippen molar-refractivity contribution in [3.8, 4) is 0 Å². The highest BCUT2D eigenvalue weighted by Crippen LogP contribution is 2.35. The van der Waals surface area contributed by atoms with Crippen molar-refractivity contribution in [2.75, 3.05) is 0 Å². The zero-order chi connectivity index (χ0) is 9.35. The van der Waals surface area contributed by atoms with Gasteiger partial charge in [-0.1, -0.05) is 6.42 Å². The maximum atomic E-state index is 10.6. The number of rotatable bonds is 3. The number of carboxylic acids is 2. The molecular formula is C7H11NO4. The second-order valence-electron chi connectivity index (χ2n) is 3.11. The lowest BCUT2D eigenvalue weighted by Crippen LogP contribution is -2.61. The second kappa shape index (κ2) is 2.75. The Morgan fingerprint density at radius 1 is 1.25 bits per heavy atom. The van der Waals surface area contributed by atoms with Crippen LogP contribution in [0.15, 0.2) is 0 Å². The van der Waals surface area contributed by atoms with Crippen LogP contribution >= 0.6 is 0 Å². The highest BCUT2D eigenvalue weighted by molar-refractivity contribution is 6.03. The topological polar surface area (TPSA) is 101 Å². The van der Waals surface area contributed by atoms with Crippen LogP contribution in [0.5, 0.6) is 0 Å². The number of hydrogen-bond donors (Lipinski definition) is 3. The molecule has 0 spiro atoms. The number of nitrogens with two attached hydrogens (primary N) is 1. The monoisotopic (exact) mass is 173 g/mol. The van der Waals surface area contributed by atoms with Crippen LogP contribution in [0.3, 0.4) is 0 Å². The van der Waals surface area contributed by atoms with Gasteiger partial charge in [0, 0.05) is 0 Å². The summed E-state index contributed by atoms with van der Waals surface area (Å²) in [5, 5.41) is 17.3. The van der Waals surface area contributed by atoms with Gasteiger partial charge in [-0.25, -0.2) is 9.59 Å². The first-order valence-corrected chi connectivity index (χ1v) is 3.75. The highest BCUT2D eigenvalue weighted by atomic mass is 16.4. The average molecular weight is 173 g/mol. The number of carboxylic acid groups (broad SMARTS) is 2. The predicted molar refractivity (Wildman–Crippen MR) is 39.5 cm³/mol. The van der Waals surface area contributed by atoms with Crippen molar-refractivity contribution >= 4 is 11.9 Å². The average Bonchev–Trinajstić information content (AvgIpc) is 1.82. The van der Waals surface area contributed by atoms with E-state index in [9.17, 15) is 9.59 Å². The van der Waals surface area contributed by atoms with E-state index in [0.717, 1.165) is 6.42 Å². The summed E-state index contributed by atoms with van der Waals surface area (Å²) in [5.41, 5.74) is 3.22. The lowest BCUT2D eigenvalue weighted by Gasteiger charge is -2.35. The van der Waals surface area contributed by atoms with Crippen LogP contribution < -0.4 is 5.73 Å². The Bertz CT molecular complexity index is 207. The van der Waals surface area contributed by atoms with Crippen molar-refractivity contribution in [2.45, 2.75) is 24.8 Å². The standard InChI is InChI=1S/C7H11NO4/c8-7(5(9)10,6(11)12)4-2-1-3-4/h4H,1-3,8H2,(H,9,10)(H,11,12). The molecule has 0 unspecified atom stereocenters. The van der Waals surface area contributed by atoms with Crippen molar-refractivity contribution in [2.24, 2.45) is 11.7 Å². The van der Waals surface area contributed by atoms with E-state index in [1.54, 1.807) is 0 Å². The van der Waals surface area contributed by atoms with Gasteiger partial charge < -0.3 is 15.9 Å². The first kappa shape index (κ1) is 8.99. The van der Waals surface area contributed by atoms with Gasteiger partial charge in [0.1, 0.15) is 0 Å². The molecule has 0 amide bonds. The molecule has 0 aromatic carbocycles. The smallest absolute Gasteiger partial charge is 0.335 e. The molecule has 0 aromatic rings. The SMILES string of the molecule is NC(C(=O)O)(C(=O)O)C1CCC1. The third-order valence-electron chi connectivity index (χ3n) is 2.46. The molecule has 0 bridgehead atoms. The fourth-order valence-corrected chi connectivity index (χ4v) is 1.30. The normalized spacial score (nSPS) is 18.4. The van der Waals surface area contributed by atoms with E-state index >= 15 is 0 Å². The molecule has 1 rings (SSSR count). The maximum absolute atomic E-state index is 10.6. The van der Waals surface area contributed by atoms with E-state index in [4.69, 9.17) is 15.9 Å². The summed E-state index contributed by atoms with van der Waals surface area (Å²) in [6, 6.07) is 0. The quantitative estimate of drug-likeness (QED) is 0.506. The molecule has 1 saturated carbocycles. The molecule has 0 heterocycles. The van der Waals surface area contributed by atoms with Gasteiger partial charge in [-0.05, 0) is 18.8 Å². The van der Waals surface area contributed by atoms with Crippen LogP contribution in [0.1, 0.15) is 19.3 Å². The summed E-state index contributed by atoms with van der Waals surface area (Å²) >= 11 is 0. The number of hydrogen-bond acceptors (Lipinski definition) is 3. The van der Waals surface area contributed by atoms with Gasteiger partial charge in [0.2, 0.25) is 5.54 Å². The Labute approximate surface area is 69.2 Å². The minimum atomic E-state index is -2.07. The molecule has 0 radical (unpaired) electrons. The minimum Gasteiger partial charge on any atom is -0.479 e. The molecule has 1 fully saturated rings. The molecule has 1 aliphatic carbocycles. The van der Waals surface area contributed by atoms with Crippen molar-refractivity contribution in [1.29, 1.82) is 0 Å². The van der Waals surface area contributed by atoms with Gasteiger partial charge in [0.25, 0.3) is 0 Å². The van der Waals surface area contributed by atoms with Crippen LogP contribution in [-0.2, 0) is 9.59 Å². The highest BCUT2D eigenvalue weighted by Gasteiger charge is 2.51. The lowest BCUT2D eigenvalue weighted by molar-refractivity contribution is -0.161. The summed E-state index contributed by atoms with van der Waals surface area (Å²) in [5.74, 6) is -3.30. The predicted octanol–water partition coefficient (Wildman–Crippen LogP) is -0.347. The van der Waals surface area contributed by atoms with Crippen molar-refractivity contribution in [3.63, 3.8) is 0 Å². The summed E-state index contributed by atoms with van der Waals surface area (Å²) in [6.45, 7) is 0. The van der Waals surface area contributed by atoms with Crippen LogP contribution in [-0.4, -0.2) is 27.7 Å². The van der Waals surface area contributed by atoms with Gasteiger partial charge in [-0.15, -0.1) is 0 Å². The Balaban J connectivity index is 2.84. The lowest BCUT2D eigenvalue weighted by atomic mass is 9.71. The summed E-state index contributed by atoms with van der Waals surface area (Å²) in [7, 11) is 0. The van der Waals surface area contributed by atoms with Crippen molar-refractivity contribution < 1.29 is 19.8 Å². The Hall–Kier alpha value is -1.10. The van der Waals surface area contributed by atoms with E-state index in [2.05, 4.69) is 0 Å². The van der Waals surface area contributed by atoms with Crippen LogP contribution in [0, 0.1) is 5.92 Å². The first-order valence-electron chi connectivity index (χ1n) is 3.75. The molecular weight excluding hydrogens is 162 g/mol. The van der Waals surface area contributed by atoms with Crippen molar-refractivity contribution in [1.82, 2.24) is 0 Å². The zero-order valence-corrected chi connectivity index (χ0v) is 6.49. The maximum Gasteiger partial charge on any atom is 0.335 e. The van der Waals surface area contributed by atoms with E-state index in [-0.39, 0.29) is 0 Å². The third kappa shape index (κ3) is 1.06. The molecule has 4 N–H and O–H groups in total. The molecule has 1 aliphatic rings. The molecule has 5 nitrogen and oxygen atoms in total. The zero-order valence-electron chi connectivity index (χ0n) is 6.49. The molecule has 0 saturated heterocycles. The second-order valence-corrected chi connectivity index (χ2v) is 3.11. The van der Waals surface area contributed by atoms with Gasteiger partial charge in [-0.2, -0.15) is 0 Å². The van der Waals surface area contributed by atoms with Gasteiger partial charge >= 0.3 is 11.9 Å². The Morgan fingerprint density at radius 3 is 1.75 bits per heavy atom. The van der Waals surface area contributed by atoms with Gasteiger partial charge in [0.15, 0.2) is 0 Å². The van der Waals surface area contributed by atoms with E-state index in [0.29, 0.717) is 12.8 Å². The molecule has 68 valence electrons. The van der Waals surface area contributed by atoms with E-state index < -0.39 is 23.4 Å². The van der Waals surface area contributed by atoms with Gasteiger partial charge in [-0.3, -0.25) is 0 Å². The van der Waals surface area contributed by atoms with Crippen molar-refractivity contribution in [3.05, 3.63) is 0 Å². The van der Waals surface area contributed by atoms with Crippen LogP contribution in [0.25, 0.3) is 0 Å². The fraction of sp³-hybridized carbons (Fsp3) is 0.714. The van der Waals surface area contributed by atoms with E-state index in [1.165, 1.54) is 0 Å². The summed E-state index contributed by atoms with van der Waals surface area (Å²) in [4.78, 5) is 21.2. The Morgan fingerprint density at radius 2 is 1.67 bits per heavy atom. The van der Waals surface area contributed by atoms with Crippen LogP contribution in [0.4, 0.5) is 0 Å². The van der Waals surface area contributed by atoms with E-state index in [1.807, 2.05) is 0 Å². The first-order chi connectivity index (χ1) is 5.49. The number of aliphatic carboxylic acids is 2. The van der Waals surface area contributed by atoms with Gasteiger partial charge in [0.05, 0.1) is 0 Å². The number of carbonyl (C=O) groups is 2. The molecule has 0 aromatic heterocycles. The molecule has 12 heavy (non-hydrogen) atoms. The third-order valence-corrected chi connectivity index (χ3v) is 2.46. The largest absolute Gasteiger partial charge is 0.479 e. The summed E-state index contributed by atoms with van der Waals surface area (Å²) in [6.07, 6.45) is 2.05. The Kier molecular flexibility index (Phi) is 2.06. The minimum absolute atomic E-state index is 0.410. The van der Waals surface area contributed by atoms with Crippen LogP contribution in [0.2, 0.25) is 0 Å². The summed E-state index contributed by atoms with van der Waals surface area (Å²) < 4.78 is 0. The molecule has 0 atom stereocenters. The fourth-order valence-electron chi connectivity index (χ4n) is 1.30. The molecule has 0 aliphatic heterocycles.